The van der Waals surface area contributed by atoms with E-state index in [1.165, 1.54) is 0 Å². The van der Waals surface area contributed by atoms with E-state index >= 15 is 0 Å². The van der Waals surface area contributed by atoms with Crippen LogP contribution in [-0.4, -0.2) is 12.2 Å². The van der Waals surface area contributed by atoms with Crippen molar-refractivity contribution in [2.45, 2.75) is 46.1 Å². The lowest BCUT2D eigenvalue weighted by Gasteiger charge is -2.16. The fourth-order valence-electron chi connectivity index (χ4n) is 0.550. The molecule has 0 bridgehead atoms. The lowest BCUT2D eigenvalue weighted by Crippen LogP contribution is -2.19. The highest BCUT2D eigenvalue weighted by Gasteiger charge is 2.10. The molecule has 0 aromatic carbocycles. The molecule has 0 aliphatic rings. The van der Waals surface area contributed by atoms with Gasteiger partial charge in [-0.05, 0) is 32.6 Å². The Bertz CT molecular complexity index is 252. The zero-order chi connectivity index (χ0) is 10.9. The smallest absolute Gasteiger partial charge is 0.0952 e. The Labute approximate surface area is 86.9 Å². The van der Waals surface area contributed by atoms with Crippen LogP contribution in [-0.2, 0) is 9.78 Å². The Kier molecular flexibility index (Phi) is 6.93. The third kappa shape index (κ3) is 11.0. The van der Waals surface area contributed by atoms with Gasteiger partial charge in [-0.1, -0.05) is 18.8 Å². The van der Waals surface area contributed by atoms with Gasteiger partial charge < -0.3 is 0 Å². The van der Waals surface area contributed by atoms with Crippen molar-refractivity contribution < 1.29 is 9.78 Å². The van der Waals surface area contributed by atoms with E-state index in [0.29, 0.717) is 13.0 Å². The molecule has 2 nitrogen and oxygen atoms in total. The summed E-state index contributed by atoms with van der Waals surface area (Å²) in [5, 5.41) is 0. The van der Waals surface area contributed by atoms with Gasteiger partial charge in [-0.25, -0.2) is 9.78 Å². The molecule has 0 aliphatic carbocycles. The molecule has 2 heteroatoms. The molecule has 0 aromatic heterocycles. The van der Waals surface area contributed by atoms with Crippen LogP contribution >= 0.6 is 0 Å². The maximum Gasteiger partial charge on any atom is 0.0952 e. The van der Waals surface area contributed by atoms with E-state index in [0.717, 1.165) is 6.42 Å². The minimum atomic E-state index is -0.255. The van der Waals surface area contributed by atoms with Gasteiger partial charge in [-0.15, -0.1) is 0 Å². The molecule has 0 atom stereocenters. The highest BCUT2D eigenvalue weighted by atomic mass is 17.2. The molecule has 0 spiro atoms. The van der Waals surface area contributed by atoms with Gasteiger partial charge in [0.2, 0.25) is 0 Å². The van der Waals surface area contributed by atoms with Crippen LogP contribution in [0.25, 0.3) is 0 Å². The van der Waals surface area contributed by atoms with Crippen molar-refractivity contribution in [3.8, 4) is 23.7 Å². The van der Waals surface area contributed by atoms with Crippen LogP contribution in [0, 0.1) is 23.7 Å². The number of hydrogen-bond acceptors (Lipinski definition) is 2. The van der Waals surface area contributed by atoms with E-state index in [4.69, 9.17) is 9.78 Å². The summed E-state index contributed by atoms with van der Waals surface area (Å²) in [6, 6.07) is 0. The van der Waals surface area contributed by atoms with Crippen molar-refractivity contribution in [3.05, 3.63) is 0 Å². The highest BCUT2D eigenvalue weighted by molar-refractivity contribution is 5.25. The van der Waals surface area contributed by atoms with Gasteiger partial charge >= 0.3 is 0 Å². The van der Waals surface area contributed by atoms with E-state index in [9.17, 15) is 0 Å². The normalized spacial score (nSPS) is 9.71. The summed E-state index contributed by atoms with van der Waals surface area (Å²) in [6.45, 7) is 8.29. The van der Waals surface area contributed by atoms with E-state index in [2.05, 4.69) is 23.7 Å². The third-order valence-corrected chi connectivity index (χ3v) is 1.04. The van der Waals surface area contributed by atoms with Crippen LogP contribution in [0.2, 0.25) is 0 Å². The maximum absolute atomic E-state index is 5.05. The van der Waals surface area contributed by atoms with Gasteiger partial charge in [-0.2, -0.15) is 0 Å². The van der Waals surface area contributed by atoms with Crippen molar-refractivity contribution in [2.24, 2.45) is 0 Å². The zero-order valence-corrected chi connectivity index (χ0v) is 9.44. The first-order chi connectivity index (χ1) is 6.56. The monoisotopic (exact) mass is 194 g/mol. The first-order valence-corrected chi connectivity index (χ1v) is 4.82. The molecule has 14 heavy (non-hydrogen) atoms. The summed E-state index contributed by atoms with van der Waals surface area (Å²) in [7, 11) is 0. The molecule has 0 aliphatic heterocycles. The Morgan fingerprint density at radius 1 is 1.07 bits per heavy atom. The second-order valence-electron chi connectivity index (χ2n) is 3.72. The predicted molar refractivity (Wildman–Crippen MR) is 57.3 cm³/mol. The Balaban J connectivity index is 3.41. The molecule has 0 N–H and O–H groups in total. The molecule has 78 valence electrons. The van der Waals surface area contributed by atoms with Gasteiger partial charge in [0, 0.05) is 12.8 Å². The first-order valence-electron chi connectivity index (χ1n) is 4.82. The van der Waals surface area contributed by atoms with E-state index in [-0.39, 0.29) is 5.60 Å². The summed E-state index contributed by atoms with van der Waals surface area (Å²) < 4.78 is 0. The maximum atomic E-state index is 5.05. The molecule has 0 saturated heterocycles. The minimum absolute atomic E-state index is 0.255. The van der Waals surface area contributed by atoms with Gasteiger partial charge in [0.25, 0.3) is 0 Å². The molecule has 0 rings (SSSR count). The van der Waals surface area contributed by atoms with Crippen molar-refractivity contribution in [1.82, 2.24) is 0 Å². The molecular weight excluding hydrogens is 176 g/mol. The third-order valence-electron chi connectivity index (χ3n) is 1.04. The van der Waals surface area contributed by atoms with E-state index < -0.39 is 0 Å². The minimum Gasteiger partial charge on any atom is -0.235 e. The van der Waals surface area contributed by atoms with Crippen LogP contribution in [0.5, 0.6) is 0 Å². The van der Waals surface area contributed by atoms with E-state index in [1.807, 2.05) is 27.7 Å². The summed E-state index contributed by atoms with van der Waals surface area (Å²) in [4.78, 5) is 10.0. The largest absolute Gasteiger partial charge is 0.235 e. The fourth-order valence-corrected chi connectivity index (χ4v) is 0.550. The van der Waals surface area contributed by atoms with Crippen molar-refractivity contribution >= 4 is 0 Å². The molecule has 0 radical (unpaired) electrons. The summed E-state index contributed by atoms with van der Waals surface area (Å²) in [5.41, 5.74) is -0.255. The summed E-state index contributed by atoms with van der Waals surface area (Å²) >= 11 is 0. The lowest BCUT2D eigenvalue weighted by molar-refractivity contribution is -0.347. The topological polar surface area (TPSA) is 18.5 Å². The average Bonchev–Trinajstić information content (AvgIpc) is 2.08. The molecule has 0 amide bonds. The van der Waals surface area contributed by atoms with Gasteiger partial charge in [0.1, 0.15) is 0 Å². The predicted octanol–water partition coefficient (Wildman–Crippen LogP) is 2.54. The fraction of sp³-hybridized carbons (Fsp3) is 0.667. The average molecular weight is 194 g/mol. The second kappa shape index (κ2) is 7.44. The van der Waals surface area contributed by atoms with Crippen LogP contribution in [0.3, 0.4) is 0 Å². The van der Waals surface area contributed by atoms with Gasteiger partial charge in [0.05, 0.1) is 12.2 Å². The van der Waals surface area contributed by atoms with Crippen molar-refractivity contribution in [2.75, 3.05) is 6.61 Å². The molecule has 0 fully saturated rings. The molecular formula is C12H18O2. The molecule has 0 heterocycles. The quantitative estimate of drug-likeness (QED) is 0.297. The molecule has 0 unspecified atom stereocenters. The Morgan fingerprint density at radius 3 is 2.29 bits per heavy atom. The van der Waals surface area contributed by atoms with Gasteiger partial charge in [0.15, 0.2) is 0 Å². The second-order valence-corrected chi connectivity index (χ2v) is 3.72. The Morgan fingerprint density at radius 2 is 1.71 bits per heavy atom. The van der Waals surface area contributed by atoms with Crippen molar-refractivity contribution in [1.29, 1.82) is 0 Å². The van der Waals surface area contributed by atoms with Crippen molar-refractivity contribution in [3.63, 3.8) is 0 Å². The van der Waals surface area contributed by atoms with Gasteiger partial charge in [-0.3, -0.25) is 0 Å². The van der Waals surface area contributed by atoms with Crippen LogP contribution < -0.4 is 0 Å². The summed E-state index contributed by atoms with van der Waals surface area (Å²) in [6.07, 6.45) is 1.49. The number of hydrogen-bond donors (Lipinski definition) is 0. The zero-order valence-electron chi connectivity index (χ0n) is 9.44. The lowest BCUT2D eigenvalue weighted by atomic mass is 10.2. The Hall–Kier alpha value is -0.960. The van der Waals surface area contributed by atoms with Crippen LogP contribution in [0.1, 0.15) is 40.5 Å². The highest BCUT2D eigenvalue weighted by Crippen LogP contribution is 2.06. The SMILES string of the molecule is CCC#CC#CCCOOC(C)(C)C. The molecule has 0 aromatic rings. The standard InChI is InChI=1S/C12H18O2/c1-5-6-7-8-9-10-11-13-14-12(2,3)4/h5,10-11H2,1-4H3. The summed E-state index contributed by atoms with van der Waals surface area (Å²) in [5.74, 6) is 11.2. The first kappa shape index (κ1) is 13.0. The number of rotatable bonds is 3. The van der Waals surface area contributed by atoms with Crippen LogP contribution in [0.15, 0.2) is 0 Å². The molecule has 0 saturated carbocycles. The van der Waals surface area contributed by atoms with E-state index in [1.54, 1.807) is 0 Å². The van der Waals surface area contributed by atoms with Crippen LogP contribution in [0.4, 0.5) is 0 Å².